The minimum absolute atomic E-state index is 0.0823. The van der Waals surface area contributed by atoms with Crippen molar-refractivity contribution in [1.29, 1.82) is 0 Å². The highest BCUT2D eigenvalue weighted by molar-refractivity contribution is 6.20. The SMILES string of the molecule is COc1ccc(CC(Cl)c2ccncc2)cc1OC. The minimum Gasteiger partial charge on any atom is -0.493 e. The van der Waals surface area contributed by atoms with Gasteiger partial charge in [-0.3, -0.25) is 4.98 Å². The van der Waals surface area contributed by atoms with Crippen molar-refractivity contribution in [3.05, 3.63) is 53.9 Å². The first-order chi connectivity index (χ1) is 9.24. The lowest BCUT2D eigenvalue weighted by atomic mass is 10.0. The van der Waals surface area contributed by atoms with E-state index in [-0.39, 0.29) is 5.38 Å². The van der Waals surface area contributed by atoms with Gasteiger partial charge in [-0.1, -0.05) is 6.07 Å². The van der Waals surface area contributed by atoms with Crippen molar-refractivity contribution < 1.29 is 9.47 Å². The van der Waals surface area contributed by atoms with Crippen LogP contribution in [0.25, 0.3) is 0 Å². The molecule has 1 atom stereocenters. The Labute approximate surface area is 118 Å². The Balaban J connectivity index is 2.15. The summed E-state index contributed by atoms with van der Waals surface area (Å²) in [4.78, 5) is 3.99. The zero-order chi connectivity index (χ0) is 13.7. The van der Waals surface area contributed by atoms with E-state index in [0.717, 1.165) is 29.0 Å². The van der Waals surface area contributed by atoms with Crippen LogP contribution in [0.3, 0.4) is 0 Å². The number of methoxy groups -OCH3 is 2. The van der Waals surface area contributed by atoms with Gasteiger partial charge in [-0.25, -0.2) is 0 Å². The third kappa shape index (κ3) is 3.38. The summed E-state index contributed by atoms with van der Waals surface area (Å²) in [6.07, 6.45) is 4.23. The van der Waals surface area contributed by atoms with Crippen molar-refractivity contribution in [3.63, 3.8) is 0 Å². The molecule has 0 aliphatic heterocycles. The first-order valence-electron chi connectivity index (χ1n) is 5.99. The Bertz CT molecular complexity index is 531. The molecular weight excluding hydrogens is 262 g/mol. The maximum Gasteiger partial charge on any atom is 0.160 e. The summed E-state index contributed by atoms with van der Waals surface area (Å²) in [5.74, 6) is 1.44. The molecule has 0 saturated carbocycles. The topological polar surface area (TPSA) is 31.4 Å². The number of ether oxygens (including phenoxy) is 2. The molecule has 1 aromatic heterocycles. The molecule has 0 amide bonds. The maximum absolute atomic E-state index is 6.41. The van der Waals surface area contributed by atoms with Crippen LogP contribution in [0.15, 0.2) is 42.7 Å². The summed E-state index contributed by atoms with van der Waals surface area (Å²) in [5.41, 5.74) is 2.17. The molecule has 0 aliphatic carbocycles. The summed E-state index contributed by atoms with van der Waals surface area (Å²) in [7, 11) is 3.25. The van der Waals surface area contributed by atoms with Crippen LogP contribution < -0.4 is 9.47 Å². The van der Waals surface area contributed by atoms with E-state index >= 15 is 0 Å². The molecule has 4 heteroatoms. The molecule has 19 heavy (non-hydrogen) atoms. The van der Waals surface area contributed by atoms with E-state index in [0.29, 0.717) is 0 Å². The molecule has 0 fully saturated rings. The lowest BCUT2D eigenvalue weighted by Gasteiger charge is -2.12. The molecule has 2 rings (SSSR count). The first-order valence-corrected chi connectivity index (χ1v) is 6.43. The third-order valence-corrected chi connectivity index (χ3v) is 3.34. The van der Waals surface area contributed by atoms with Crippen molar-refractivity contribution in [3.8, 4) is 11.5 Å². The number of alkyl halides is 1. The second-order valence-corrected chi connectivity index (χ2v) is 4.67. The molecule has 0 aliphatic rings. The number of rotatable bonds is 5. The molecule has 100 valence electrons. The Morgan fingerprint density at radius 2 is 1.74 bits per heavy atom. The molecule has 0 N–H and O–H groups in total. The van der Waals surface area contributed by atoms with Gasteiger partial charge in [0.05, 0.1) is 19.6 Å². The fourth-order valence-corrected chi connectivity index (χ4v) is 2.23. The minimum atomic E-state index is -0.0823. The Morgan fingerprint density at radius 3 is 2.37 bits per heavy atom. The third-order valence-electron chi connectivity index (χ3n) is 2.93. The highest BCUT2D eigenvalue weighted by atomic mass is 35.5. The molecule has 1 heterocycles. The number of halogens is 1. The molecule has 1 unspecified atom stereocenters. The monoisotopic (exact) mass is 277 g/mol. The molecule has 0 bridgehead atoms. The zero-order valence-corrected chi connectivity index (χ0v) is 11.7. The van der Waals surface area contributed by atoms with Crippen LogP contribution >= 0.6 is 11.6 Å². The smallest absolute Gasteiger partial charge is 0.160 e. The van der Waals surface area contributed by atoms with Crippen molar-refractivity contribution in [2.24, 2.45) is 0 Å². The molecular formula is C15H16ClNO2. The van der Waals surface area contributed by atoms with Gasteiger partial charge in [0.1, 0.15) is 0 Å². The number of hydrogen-bond donors (Lipinski definition) is 0. The number of nitrogens with zero attached hydrogens (tertiary/aromatic N) is 1. The lowest BCUT2D eigenvalue weighted by Crippen LogP contribution is -1.98. The van der Waals surface area contributed by atoms with E-state index in [1.54, 1.807) is 26.6 Å². The van der Waals surface area contributed by atoms with Crippen molar-refractivity contribution in [1.82, 2.24) is 4.98 Å². The normalized spacial score (nSPS) is 11.9. The van der Waals surface area contributed by atoms with Gasteiger partial charge >= 0.3 is 0 Å². The van der Waals surface area contributed by atoms with E-state index in [4.69, 9.17) is 21.1 Å². The standard InChI is InChI=1S/C15H16ClNO2/c1-18-14-4-3-11(10-15(14)19-2)9-13(16)12-5-7-17-8-6-12/h3-8,10,13H,9H2,1-2H3. The van der Waals surface area contributed by atoms with Crippen LogP contribution in [0.5, 0.6) is 11.5 Å². The van der Waals surface area contributed by atoms with Crippen LogP contribution in [-0.2, 0) is 6.42 Å². The van der Waals surface area contributed by atoms with Crippen molar-refractivity contribution >= 4 is 11.6 Å². The Hall–Kier alpha value is -1.74. The largest absolute Gasteiger partial charge is 0.493 e. The van der Waals surface area contributed by atoms with E-state index in [1.165, 1.54) is 0 Å². The van der Waals surface area contributed by atoms with Crippen LogP contribution in [-0.4, -0.2) is 19.2 Å². The van der Waals surface area contributed by atoms with Crippen molar-refractivity contribution in [2.45, 2.75) is 11.8 Å². The highest BCUT2D eigenvalue weighted by Crippen LogP contribution is 2.31. The van der Waals surface area contributed by atoms with Gasteiger partial charge in [-0.05, 0) is 41.8 Å². The van der Waals surface area contributed by atoms with Gasteiger partial charge in [0.25, 0.3) is 0 Å². The first kappa shape index (κ1) is 13.7. The van der Waals surface area contributed by atoms with E-state index in [1.807, 2.05) is 30.3 Å². The molecule has 1 aromatic carbocycles. The molecule has 0 radical (unpaired) electrons. The fraction of sp³-hybridized carbons (Fsp3) is 0.267. The number of pyridine rings is 1. The van der Waals surface area contributed by atoms with Crippen LogP contribution in [0.2, 0.25) is 0 Å². The summed E-state index contributed by atoms with van der Waals surface area (Å²) in [6.45, 7) is 0. The van der Waals surface area contributed by atoms with Gasteiger partial charge in [0.2, 0.25) is 0 Å². The van der Waals surface area contributed by atoms with Gasteiger partial charge < -0.3 is 9.47 Å². The lowest BCUT2D eigenvalue weighted by molar-refractivity contribution is 0.354. The number of benzene rings is 1. The average Bonchev–Trinajstić information content (AvgIpc) is 2.48. The van der Waals surface area contributed by atoms with Crippen molar-refractivity contribution in [2.75, 3.05) is 14.2 Å². The second-order valence-electron chi connectivity index (χ2n) is 4.14. The summed E-state index contributed by atoms with van der Waals surface area (Å²) in [5, 5.41) is -0.0823. The summed E-state index contributed by atoms with van der Waals surface area (Å²) >= 11 is 6.41. The molecule has 0 spiro atoms. The summed E-state index contributed by atoms with van der Waals surface area (Å²) < 4.78 is 10.5. The number of hydrogen-bond acceptors (Lipinski definition) is 3. The Morgan fingerprint density at radius 1 is 1.05 bits per heavy atom. The van der Waals surface area contributed by atoms with Gasteiger partial charge in [0.15, 0.2) is 11.5 Å². The highest BCUT2D eigenvalue weighted by Gasteiger charge is 2.11. The fourth-order valence-electron chi connectivity index (χ4n) is 1.90. The Kier molecular flexibility index (Phi) is 4.63. The maximum atomic E-state index is 6.41. The van der Waals surface area contributed by atoms with Gasteiger partial charge in [-0.2, -0.15) is 0 Å². The van der Waals surface area contributed by atoms with E-state index < -0.39 is 0 Å². The molecule has 0 saturated heterocycles. The summed E-state index contributed by atoms with van der Waals surface area (Å²) in [6, 6.07) is 9.70. The molecule has 3 nitrogen and oxygen atoms in total. The van der Waals surface area contributed by atoms with Crippen LogP contribution in [0.4, 0.5) is 0 Å². The van der Waals surface area contributed by atoms with Gasteiger partial charge in [0, 0.05) is 12.4 Å². The van der Waals surface area contributed by atoms with Crippen LogP contribution in [0.1, 0.15) is 16.5 Å². The second kappa shape index (κ2) is 6.43. The zero-order valence-electron chi connectivity index (χ0n) is 11.0. The quantitative estimate of drug-likeness (QED) is 0.782. The average molecular weight is 278 g/mol. The van der Waals surface area contributed by atoms with E-state index in [2.05, 4.69) is 4.98 Å². The number of aromatic nitrogens is 1. The predicted molar refractivity (Wildman–Crippen MR) is 76.1 cm³/mol. The molecule has 2 aromatic rings. The predicted octanol–water partition coefficient (Wildman–Crippen LogP) is 3.62. The van der Waals surface area contributed by atoms with E-state index in [9.17, 15) is 0 Å². The van der Waals surface area contributed by atoms with Crippen LogP contribution in [0, 0.1) is 0 Å². The van der Waals surface area contributed by atoms with Gasteiger partial charge in [-0.15, -0.1) is 11.6 Å².